The van der Waals surface area contributed by atoms with Crippen LogP contribution in [0.25, 0.3) is 10.6 Å². The first-order valence-corrected chi connectivity index (χ1v) is 10.4. The molecule has 7 nitrogen and oxygen atoms in total. The molecule has 1 aliphatic rings. The van der Waals surface area contributed by atoms with Crippen molar-refractivity contribution in [3.8, 4) is 10.6 Å². The third-order valence-corrected chi connectivity index (χ3v) is 6.30. The fraction of sp³-hybridized carbons (Fsp3) is 0.450. The first kappa shape index (κ1) is 18.9. The lowest BCUT2D eigenvalue weighted by atomic mass is 10.0. The van der Waals surface area contributed by atoms with Crippen molar-refractivity contribution in [3.05, 3.63) is 41.8 Å². The van der Waals surface area contributed by atoms with Crippen LogP contribution in [0.3, 0.4) is 0 Å². The number of nitrogens with zero attached hydrogens (tertiary/aromatic N) is 6. The fourth-order valence-corrected chi connectivity index (χ4v) is 4.38. The summed E-state index contributed by atoms with van der Waals surface area (Å²) in [4.78, 5) is 15.0. The highest BCUT2D eigenvalue weighted by Crippen LogP contribution is 2.25. The summed E-state index contributed by atoms with van der Waals surface area (Å²) in [5, 5.41) is 8.60. The van der Waals surface area contributed by atoms with E-state index in [1.807, 2.05) is 31.8 Å². The van der Waals surface area contributed by atoms with Gasteiger partial charge in [0.05, 0.1) is 24.6 Å². The largest absolute Gasteiger partial charge is 0.370 e. The van der Waals surface area contributed by atoms with Crippen LogP contribution in [-0.2, 0) is 13.6 Å². The number of aromatic nitrogens is 4. The lowest BCUT2D eigenvalue weighted by Gasteiger charge is -2.36. The van der Waals surface area contributed by atoms with Gasteiger partial charge in [-0.25, -0.2) is 9.97 Å². The van der Waals surface area contributed by atoms with Gasteiger partial charge in [0.25, 0.3) is 0 Å². The second kappa shape index (κ2) is 8.28. The normalized spacial score (nSPS) is 15.4. The molecule has 0 amide bonds. The van der Waals surface area contributed by atoms with Crippen LogP contribution >= 0.6 is 11.3 Å². The Morgan fingerprint density at radius 3 is 2.61 bits per heavy atom. The van der Waals surface area contributed by atoms with Crippen molar-refractivity contribution >= 4 is 22.8 Å². The molecule has 1 fully saturated rings. The van der Waals surface area contributed by atoms with Gasteiger partial charge < -0.3 is 15.1 Å². The number of rotatable bonds is 6. The van der Waals surface area contributed by atoms with Crippen LogP contribution < -0.4 is 10.2 Å². The van der Waals surface area contributed by atoms with Gasteiger partial charge in [-0.15, -0.1) is 11.3 Å². The second-order valence-electron chi connectivity index (χ2n) is 7.47. The van der Waals surface area contributed by atoms with Gasteiger partial charge >= 0.3 is 0 Å². The van der Waals surface area contributed by atoms with E-state index in [-0.39, 0.29) is 0 Å². The maximum absolute atomic E-state index is 4.60. The lowest BCUT2D eigenvalue weighted by Crippen LogP contribution is -2.42. The van der Waals surface area contributed by atoms with Crippen LogP contribution in [-0.4, -0.2) is 57.9 Å². The van der Waals surface area contributed by atoms with Gasteiger partial charge in [-0.1, -0.05) is 0 Å². The molecule has 1 N–H and O–H groups in total. The molecule has 3 aromatic rings. The molecule has 0 spiro atoms. The Hall–Kier alpha value is -2.45. The predicted octanol–water partition coefficient (Wildman–Crippen LogP) is 3.08. The molecule has 0 aliphatic carbocycles. The van der Waals surface area contributed by atoms with Gasteiger partial charge in [0.1, 0.15) is 10.8 Å². The molecule has 28 heavy (non-hydrogen) atoms. The minimum absolute atomic E-state index is 0.695. The first-order chi connectivity index (χ1) is 13.6. The Labute approximate surface area is 170 Å². The summed E-state index contributed by atoms with van der Waals surface area (Å²) < 4.78 is 1.79. The van der Waals surface area contributed by atoms with Gasteiger partial charge in [0.15, 0.2) is 0 Å². The molecule has 1 saturated heterocycles. The van der Waals surface area contributed by atoms with Crippen LogP contribution in [0, 0.1) is 0 Å². The molecule has 8 heteroatoms. The van der Waals surface area contributed by atoms with Crippen molar-refractivity contribution in [3.63, 3.8) is 0 Å². The van der Waals surface area contributed by atoms with E-state index < -0.39 is 0 Å². The number of hydrogen-bond donors (Lipinski definition) is 1. The number of hydrogen-bond acceptors (Lipinski definition) is 7. The van der Waals surface area contributed by atoms with Crippen LogP contribution in [0.2, 0.25) is 0 Å². The van der Waals surface area contributed by atoms with Gasteiger partial charge in [0, 0.05) is 49.0 Å². The highest BCUT2D eigenvalue weighted by atomic mass is 32.1. The van der Waals surface area contributed by atoms with E-state index in [0.29, 0.717) is 6.04 Å². The molecular formula is C20H27N7S. The maximum Gasteiger partial charge on any atom is 0.126 e. The number of anilines is 2. The summed E-state index contributed by atoms with van der Waals surface area (Å²) in [6, 6.07) is 4.93. The van der Waals surface area contributed by atoms with Crippen LogP contribution in [0.1, 0.15) is 17.7 Å². The summed E-state index contributed by atoms with van der Waals surface area (Å²) in [5.74, 6) is 0.892. The molecule has 148 valence electrons. The van der Waals surface area contributed by atoms with Gasteiger partial charge in [-0.3, -0.25) is 4.68 Å². The van der Waals surface area contributed by atoms with E-state index in [4.69, 9.17) is 0 Å². The zero-order valence-electron chi connectivity index (χ0n) is 16.7. The molecule has 1 aliphatic heterocycles. The minimum Gasteiger partial charge on any atom is -0.370 e. The van der Waals surface area contributed by atoms with Crippen molar-refractivity contribution in [1.82, 2.24) is 24.6 Å². The fourth-order valence-electron chi connectivity index (χ4n) is 3.55. The quantitative estimate of drug-likeness (QED) is 0.690. The molecular weight excluding hydrogens is 370 g/mol. The monoisotopic (exact) mass is 397 g/mol. The molecule has 0 unspecified atom stereocenters. The van der Waals surface area contributed by atoms with Gasteiger partial charge in [-0.2, -0.15) is 5.10 Å². The summed E-state index contributed by atoms with van der Waals surface area (Å²) in [6.45, 7) is 2.91. The maximum atomic E-state index is 4.60. The van der Waals surface area contributed by atoms with E-state index in [9.17, 15) is 0 Å². The van der Waals surface area contributed by atoms with Crippen molar-refractivity contribution < 1.29 is 0 Å². The Kier molecular flexibility index (Phi) is 5.59. The zero-order valence-corrected chi connectivity index (χ0v) is 17.5. The summed E-state index contributed by atoms with van der Waals surface area (Å²) in [5.41, 5.74) is 2.26. The van der Waals surface area contributed by atoms with E-state index in [2.05, 4.69) is 56.4 Å². The van der Waals surface area contributed by atoms with Crippen molar-refractivity contribution in [2.45, 2.75) is 25.4 Å². The summed E-state index contributed by atoms with van der Waals surface area (Å²) in [7, 11) is 6.26. The number of piperidine rings is 1. The molecule has 0 saturated carbocycles. The third-order valence-electron chi connectivity index (χ3n) is 5.26. The molecule has 0 radical (unpaired) electrons. The Morgan fingerprint density at radius 1 is 1.14 bits per heavy atom. The average Bonchev–Trinajstić information content (AvgIpc) is 3.36. The minimum atomic E-state index is 0.695. The Bertz CT molecular complexity index is 891. The molecule has 0 atom stereocenters. The van der Waals surface area contributed by atoms with Crippen LogP contribution in [0.15, 0.2) is 36.9 Å². The van der Waals surface area contributed by atoms with Crippen molar-refractivity contribution in [2.75, 3.05) is 37.4 Å². The highest BCUT2D eigenvalue weighted by Gasteiger charge is 2.20. The number of pyridine rings is 1. The smallest absolute Gasteiger partial charge is 0.126 e. The Balaban J connectivity index is 1.31. The van der Waals surface area contributed by atoms with E-state index in [0.717, 1.165) is 36.0 Å². The van der Waals surface area contributed by atoms with E-state index in [1.165, 1.54) is 23.4 Å². The van der Waals surface area contributed by atoms with Gasteiger partial charge in [-0.05, 0) is 39.1 Å². The highest BCUT2D eigenvalue weighted by molar-refractivity contribution is 7.15. The standard InChI is InChI=1S/C20H27N7S/c1-25(2)16-6-8-27(9-7-16)17-4-5-19(21-11-17)22-12-18-13-23-20(28-18)15-10-24-26(3)14-15/h4-5,10-11,13-14,16H,6-9,12H2,1-3H3,(H,21,22). The number of thiazole rings is 1. The van der Waals surface area contributed by atoms with Crippen molar-refractivity contribution in [2.24, 2.45) is 7.05 Å². The Morgan fingerprint density at radius 2 is 1.96 bits per heavy atom. The van der Waals surface area contributed by atoms with E-state index in [1.54, 1.807) is 16.0 Å². The molecule has 0 bridgehead atoms. The number of nitrogens with one attached hydrogen (secondary N) is 1. The first-order valence-electron chi connectivity index (χ1n) is 9.63. The lowest BCUT2D eigenvalue weighted by molar-refractivity contribution is 0.249. The summed E-state index contributed by atoms with van der Waals surface area (Å²) >= 11 is 1.68. The topological polar surface area (TPSA) is 62.1 Å². The molecule has 4 heterocycles. The zero-order chi connectivity index (χ0) is 19.5. The molecule has 3 aromatic heterocycles. The van der Waals surface area contributed by atoms with Crippen molar-refractivity contribution in [1.29, 1.82) is 0 Å². The summed E-state index contributed by atoms with van der Waals surface area (Å²) in [6.07, 6.45) is 10.1. The van der Waals surface area contributed by atoms with Crippen LogP contribution in [0.4, 0.5) is 11.5 Å². The SMILES string of the molecule is CN(C)C1CCN(c2ccc(NCc3cnc(-c4cnn(C)c4)s3)nc2)CC1. The molecule has 0 aromatic carbocycles. The van der Waals surface area contributed by atoms with Gasteiger partial charge in [0.2, 0.25) is 0 Å². The second-order valence-corrected chi connectivity index (χ2v) is 8.59. The van der Waals surface area contributed by atoms with Crippen LogP contribution in [0.5, 0.6) is 0 Å². The number of aryl methyl sites for hydroxylation is 1. The molecule has 4 rings (SSSR count). The van der Waals surface area contributed by atoms with E-state index >= 15 is 0 Å². The predicted molar refractivity (Wildman–Crippen MR) is 115 cm³/mol. The third kappa shape index (κ3) is 4.34. The average molecular weight is 398 g/mol.